The molecule has 6 heteroatoms. The molecule has 3 N–H and O–H groups in total. The van der Waals surface area contributed by atoms with Crippen LogP contribution in [0.4, 0.5) is 22.9 Å². The van der Waals surface area contributed by atoms with E-state index < -0.39 is 0 Å². The van der Waals surface area contributed by atoms with Crippen LogP contribution in [0, 0.1) is 0 Å². The first kappa shape index (κ1) is 14.0. The molecule has 1 aliphatic heterocycles. The Hall–Kier alpha value is -1.98. The van der Waals surface area contributed by atoms with E-state index in [0.29, 0.717) is 16.7 Å². The van der Waals surface area contributed by atoms with Crippen molar-refractivity contribution >= 4 is 34.5 Å². The Balaban J connectivity index is 1.71. The maximum absolute atomic E-state index is 5.89. The van der Waals surface area contributed by atoms with Gasteiger partial charge < -0.3 is 20.7 Å². The molecule has 1 fully saturated rings. The van der Waals surface area contributed by atoms with Gasteiger partial charge in [-0.25, -0.2) is 4.98 Å². The molecule has 1 saturated heterocycles. The average molecular weight is 305 g/mol. The van der Waals surface area contributed by atoms with Crippen molar-refractivity contribution in [3.8, 4) is 0 Å². The third kappa shape index (κ3) is 3.56. The third-order valence-corrected chi connectivity index (χ3v) is 3.53. The summed E-state index contributed by atoms with van der Waals surface area (Å²) in [4.78, 5) is 6.50. The SMILES string of the molecule is Nc1cc(Cl)nc(Nc2ccc(N3CCOCC3)cc2)c1. The molecule has 0 spiro atoms. The molecule has 0 radical (unpaired) electrons. The minimum atomic E-state index is 0.377. The summed E-state index contributed by atoms with van der Waals surface area (Å²) in [5.74, 6) is 0.638. The predicted molar refractivity (Wildman–Crippen MR) is 86.4 cm³/mol. The second kappa shape index (κ2) is 6.20. The number of nitrogens with one attached hydrogen (secondary N) is 1. The van der Waals surface area contributed by atoms with Crippen LogP contribution < -0.4 is 16.0 Å². The maximum atomic E-state index is 5.89. The Morgan fingerprint density at radius 1 is 1.14 bits per heavy atom. The number of morpholine rings is 1. The number of anilines is 4. The highest BCUT2D eigenvalue weighted by atomic mass is 35.5. The fourth-order valence-corrected chi connectivity index (χ4v) is 2.52. The predicted octanol–water partition coefficient (Wildman–Crippen LogP) is 2.90. The van der Waals surface area contributed by atoms with Crippen molar-refractivity contribution in [1.29, 1.82) is 0 Å². The molecule has 1 aromatic heterocycles. The number of hydrogen-bond donors (Lipinski definition) is 2. The normalized spacial score (nSPS) is 15.0. The van der Waals surface area contributed by atoms with Gasteiger partial charge in [0.15, 0.2) is 0 Å². The standard InChI is InChI=1S/C15H17ClN4O/c16-14-9-11(17)10-15(19-14)18-12-1-3-13(4-2-12)20-5-7-21-8-6-20/h1-4,9-10H,5-8H2,(H3,17,18,19). The van der Waals surface area contributed by atoms with Crippen molar-refractivity contribution in [3.63, 3.8) is 0 Å². The zero-order valence-electron chi connectivity index (χ0n) is 11.6. The van der Waals surface area contributed by atoms with Crippen LogP contribution in [0.25, 0.3) is 0 Å². The van der Waals surface area contributed by atoms with Gasteiger partial charge in [-0.05, 0) is 30.3 Å². The van der Waals surface area contributed by atoms with Crippen LogP contribution in [0.1, 0.15) is 0 Å². The molecular formula is C15H17ClN4O. The lowest BCUT2D eigenvalue weighted by Crippen LogP contribution is -2.36. The van der Waals surface area contributed by atoms with Gasteiger partial charge in [0.25, 0.3) is 0 Å². The molecule has 0 unspecified atom stereocenters. The summed E-state index contributed by atoms with van der Waals surface area (Å²) in [5.41, 5.74) is 8.48. The Bertz CT molecular complexity index is 591. The number of aromatic nitrogens is 1. The van der Waals surface area contributed by atoms with Crippen molar-refractivity contribution in [3.05, 3.63) is 41.6 Å². The molecule has 0 saturated carbocycles. The molecule has 2 heterocycles. The van der Waals surface area contributed by atoms with Crippen LogP contribution >= 0.6 is 11.6 Å². The van der Waals surface area contributed by atoms with Gasteiger partial charge in [0.05, 0.1) is 13.2 Å². The Morgan fingerprint density at radius 2 is 1.86 bits per heavy atom. The van der Waals surface area contributed by atoms with Crippen molar-refractivity contribution in [2.75, 3.05) is 42.3 Å². The van der Waals surface area contributed by atoms with Crippen molar-refractivity contribution in [2.45, 2.75) is 0 Å². The monoisotopic (exact) mass is 304 g/mol. The number of nitrogen functional groups attached to an aromatic ring is 1. The first-order valence-electron chi connectivity index (χ1n) is 6.83. The van der Waals surface area contributed by atoms with Gasteiger partial charge in [-0.1, -0.05) is 11.6 Å². The molecule has 110 valence electrons. The highest BCUT2D eigenvalue weighted by Gasteiger charge is 2.10. The van der Waals surface area contributed by atoms with Crippen molar-refractivity contribution in [2.24, 2.45) is 0 Å². The zero-order valence-corrected chi connectivity index (χ0v) is 12.3. The largest absolute Gasteiger partial charge is 0.399 e. The lowest BCUT2D eigenvalue weighted by molar-refractivity contribution is 0.122. The van der Waals surface area contributed by atoms with Crippen LogP contribution in [-0.4, -0.2) is 31.3 Å². The minimum absolute atomic E-state index is 0.377. The number of rotatable bonds is 3. The van der Waals surface area contributed by atoms with Gasteiger partial charge in [-0.2, -0.15) is 0 Å². The molecule has 1 aromatic carbocycles. The van der Waals surface area contributed by atoms with E-state index in [-0.39, 0.29) is 0 Å². The Labute approximate surface area is 128 Å². The molecule has 21 heavy (non-hydrogen) atoms. The van der Waals surface area contributed by atoms with Gasteiger partial charge in [0.1, 0.15) is 11.0 Å². The minimum Gasteiger partial charge on any atom is -0.399 e. The molecule has 2 aromatic rings. The van der Waals surface area contributed by atoms with Gasteiger partial charge in [-0.3, -0.25) is 0 Å². The van der Waals surface area contributed by atoms with Gasteiger partial charge in [-0.15, -0.1) is 0 Å². The lowest BCUT2D eigenvalue weighted by Gasteiger charge is -2.28. The highest BCUT2D eigenvalue weighted by Crippen LogP contribution is 2.23. The first-order valence-corrected chi connectivity index (χ1v) is 7.21. The Morgan fingerprint density at radius 3 is 2.52 bits per heavy atom. The Kier molecular flexibility index (Phi) is 4.13. The summed E-state index contributed by atoms with van der Waals surface area (Å²) in [6.45, 7) is 3.43. The summed E-state index contributed by atoms with van der Waals surface area (Å²) in [5, 5.41) is 3.57. The van der Waals surface area contributed by atoms with E-state index in [1.54, 1.807) is 12.1 Å². The number of benzene rings is 1. The molecular weight excluding hydrogens is 288 g/mol. The molecule has 0 aliphatic carbocycles. The van der Waals surface area contributed by atoms with E-state index in [2.05, 4.69) is 27.3 Å². The van der Waals surface area contributed by atoms with Crippen molar-refractivity contribution < 1.29 is 4.74 Å². The van der Waals surface area contributed by atoms with Crippen LogP contribution in [-0.2, 0) is 4.74 Å². The third-order valence-electron chi connectivity index (χ3n) is 3.33. The van der Waals surface area contributed by atoms with Crippen LogP contribution in [0.3, 0.4) is 0 Å². The van der Waals surface area contributed by atoms with E-state index in [1.165, 1.54) is 5.69 Å². The molecule has 0 bridgehead atoms. The number of halogens is 1. The van der Waals surface area contributed by atoms with E-state index in [1.807, 2.05) is 12.1 Å². The molecule has 3 rings (SSSR count). The fourth-order valence-electron chi connectivity index (χ4n) is 2.31. The van der Waals surface area contributed by atoms with Crippen molar-refractivity contribution in [1.82, 2.24) is 4.98 Å². The van der Waals surface area contributed by atoms with Gasteiger partial charge >= 0.3 is 0 Å². The number of hydrogen-bond acceptors (Lipinski definition) is 5. The summed E-state index contributed by atoms with van der Waals surface area (Å²) in [6.07, 6.45) is 0. The molecule has 5 nitrogen and oxygen atoms in total. The summed E-state index contributed by atoms with van der Waals surface area (Å²) >= 11 is 5.89. The van der Waals surface area contributed by atoms with E-state index in [4.69, 9.17) is 22.1 Å². The van der Waals surface area contributed by atoms with Crippen LogP contribution in [0.2, 0.25) is 5.15 Å². The van der Waals surface area contributed by atoms with E-state index in [0.717, 1.165) is 32.0 Å². The topological polar surface area (TPSA) is 63.4 Å². The summed E-state index contributed by atoms with van der Waals surface area (Å²) in [7, 11) is 0. The van der Waals surface area contributed by atoms with Crippen LogP contribution in [0.5, 0.6) is 0 Å². The van der Waals surface area contributed by atoms with Crippen LogP contribution in [0.15, 0.2) is 36.4 Å². The van der Waals surface area contributed by atoms with Gasteiger partial charge in [0.2, 0.25) is 0 Å². The molecule has 0 atom stereocenters. The smallest absolute Gasteiger partial charge is 0.134 e. The second-order valence-electron chi connectivity index (χ2n) is 4.88. The second-order valence-corrected chi connectivity index (χ2v) is 5.27. The number of nitrogens with zero attached hydrogens (tertiary/aromatic N) is 2. The number of nitrogens with two attached hydrogens (primary N) is 1. The highest BCUT2D eigenvalue weighted by molar-refractivity contribution is 6.29. The van der Waals surface area contributed by atoms with Gasteiger partial charge in [0, 0.05) is 36.2 Å². The average Bonchev–Trinajstić information content (AvgIpc) is 2.48. The summed E-state index contributed by atoms with van der Waals surface area (Å²) < 4.78 is 5.36. The fraction of sp³-hybridized carbons (Fsp3) is 0.267. The molecule has 1 aliphatic rings. The van der Waals surface area contributed by atoms with E-state index >= 15 is 0 Å². The van der Waals surface area contributed by atoms with E-state index in [9.17, 15) is 0 Å². The summed E-state index contributed by atoms with van der Waals surface area (Å²) in [6, 6.07) is 11.6. The number of pyridine rings is 1. The maximum Gasteiger partial charge on any atom is 0.134 e. The zero-order chi connectivity index (χ0) is 14.7. The first-order chi connectivity index (χ1) is 10.2. The molecule has 0 amide bonds. The number of ether oxygens (including phenoxy) is 1. The lowest BCUT2D eigenvalue weighted by atomic mass is 10.2. The quantitative estimate of drug-likeness (QED) is 0.854.